The van der Waals surface area contributed by atoms with Gasteiger partial charge in [-0.25, -0.2) is 9.18 Å². The largest absolute Gasteiger partial charge is 0.336 e. The zero-order valence-corrected chi connectivity index (χ0v) is 9.83. The van der Waals surface area contributed by atoms with Crippen LogP contribution in [0.1, 0.15) is 20.8 Å². The Labute approximate surface area is 95.3 Å². The third-order valence-corrected chi connectivity index (χ3v) is 2.11. The molecule has 0 aromatic heterocycles. The highest BCUT2D eigenvalue weighted by molar-refractivity contribution is 5.91. The van der Waals surface area contributed by atoms with E-state index in [4.69, 9.17) is 0 Å². The zero-order chi connectivity index (χ0) is 12.1. The summed E-state index contributed by atoms with van der Waals surface area (Å²) in [5, 5.41) is 2.80. The molecular weight excluding hydrogens is 207 g/mol. The van der Waals surface area contributed by atoms with Gasteiger partial charge in [0.25, 0.3) is 0 Å². The van der Waals surface area contributed by atoms with Gasteiger partial charge in [-0.05, 0) is 45.0 Å². The Morgan fingerprint density at radius 3 is 2.38 bits per heavy atom. The van der Waals surface area contributed by atoms with Crippen LogP contribution >= 0.6 is 0 Å². The van der Waals surface area contributed by atoms with Crippen molar-refractivity contribution >= 4 is 11.7 Å². The Morgan fingerprint density at radius 1 is 1.38 bits per heavy atom. The first kappa shape index (κ1) is 12.5. The maximum atomic E-state index is 12.7. The van der Waals surface area contributed by atoms with E-state index in [9.17, 15) is 9.18 Å². The number of hydrogen-bond acceptors (Lipinski definition) is 1. The summed E-state index contributed by atoms with van der Waals surface area (Å²) < 4.78 is 12.7. The fraction of sp³-hybridized carbons (Fsp3) is 0.417. The van der Waals surface area contributed by atoms with Gasteiger partial charge in [0.1, 0.15) is 5.82 Å². The van der Waals surface area contributed by atoms with Crippen LogP contribution in [-0.2, 0) is 0 Å². The van der Waals surface area contributed by atoms with Crippen molar-refractivity contribution in [3.63, 3.8) is 0 Å². The van der Waals surface area contributed by atoms with Gasteiger partial charge >= 0.3 is 6.03 Å². The van der Waals surface area contributed by atoms with Crippen molar-refractivity contribution in [2.24, 2.45) is 0 Å². The molecule has 0 aliphatic rings. The molecular formula is C12H17FN2O. The molecule has 1 rings (SSSR count). The molecule has 0 radical (unpaired) electrons. The minimum atomic E-state index is -0.302. The fourth-order valence-corrected chi connectivity index (χ4v) is 1.39. The molecule has 0 spiro atoms. The number of nitrogens with zero attached hydrogens (tertiary/aromatic N) is 1. The van der Waals surface area contributed by atoms with Gasteiger partial charge in [0, 0.05) is 18.3 Å². The average Bonchev–Trinajstić information content (AvgIpc) is 2.21. The maximum Gasteiger partial charge on any atom is 0.322 e. The molecule has 88 valence electrons. The topological polar surface area (TPSA) is 32.3 Å². The van der Waals surface area contributed by atoms with Crippen molar-refractivity contribution in [2.75, 3.05) is 11.4 Å². The molecule has 0 fully saturated rings. The summed E-state index contributed by atoms with van der Waals surface area (Å²) in [4.78, 5) is 13.4. The number of hydrogen-bond donors (Lipinski definition) is 1. The minimum Gasteiger partial charge on any atom is -0.336 e. The van der Waals surface area contributed by atoms with Crippen LogP contribution in [0, 0.1) is 5.82 Å². The van der Waals surface area contributed by atoms with Crippen molar-refractivity contribution in [3.8, 4) is 0 Å². The van der Waals surface area contributed by atoms with Crippen molar-refractivity contribution in [2.45, 2.75) is 26.8 Å². The summed E-state index contributed by atoms with van der Waals surface area (Å²) in [6.07, 6.45) is 0. The molecule has 16 heavy (non-hydrogen) atoms. The first-order valence-electron chi connectivity index (χ1n) is 5.38. The summed E-state index contributed by atoms with van der Waals surface area (Å²) in [6.45, 7) is 6.22. The lowest BCUT2D eigenvalue weighted by Crippen LogP contribution is -2.43. The number of carbonyl (C=O) groups is 1. The minimum absolute atomic E-state index is 0.0852. The Kier molecular flexibility index (Phi) is 4.28. The summed E-state index contributed by atoms with van der Waals surface area (Å²) in [5.74, 6) is -0.302. The smallest absolute Gasteiger partial charge is 0.322 e. The van der Waals surface area contributed by atoms with E-state index in [0.717, 1.165) is 0 Å². The van der Waals surface area contributed by atoms with Crippen LogP contribution in [-0.4, -0.2) is 18.6 Å². The third-order valence-electron chi connectivity index (χ3n) is 2.11. The molecule has 0 bridgehead atoms. The monoisotopic (exact) mass is 224 g/mol. The van der Waals surface area contributed by atoms with E-state index in [-0.39, 0.29) is 17.9 Å². The molecule has 0 saturated carbocycles. The van der Waals surface area contributed by atoms with Gasteiger partial charge < -0.3 is 5.32 Å². The standard InChI is InChI=1S/C12H17FN2O/c1-4-15(12(16)14-9(2)3)11-7-5-10(13)6-8-11/h5-9H,4H2,1-3H3,(H,14,16). The lowest BCUT2D eigenvalue weighted by atomic mass is 10.3. The van der Waals surface area contributed by atoms with E-state index in [2.05, 4.69) is 5.32 Å². The lowest BCUT2D eigenvalue weighted by molar-refractivity contribution is 0.244. The van der Waals surface area contributed by atoms with Gasteiger partial charge in [-0.1, -0.05) is 0 Å². The highest BCUT2D eigenvalue weighted by Gasteiger charge is 2.13. The summed E-state index contributed by atoms with van der Waals surface area (Å²) in [5.41, 5.74) is 0.696. The molecule has 1 aromatic rings. The normalized spacial score (nSPS) is 10.3. The first-order chi connectivity index (χ1) is 7.54. The first-order valence-corrected chi connectivity index (χ1v) is 5.38. The maximum absolute atomic E-state index is 12.7. The number of rotatable bonds is 3. The van der Waals surface area contributed by atoms with E-state index in [1.165, 1.54) is 12.1 Å². The Bertz CT molecular complexity index is 349. The molecule has 0 atom stereocenters. The number of halogens is 1. The predicted octanol–water partition coefficient (Wildman–Crippen LogP) is 2.77. The predicted molar refractivity (Wildman–Crippen MR) is 63.1 cm³/mol. The molecule has 3 nitrogen and oxygen atoms in total. The van der Waals surface area contributed by atoms with Crippen LogP contribution in [0.25, 0.3) is 0 Å². The molecule has 0 aliphatic heterocycles. The van der Waals surface area contributed by atoms with E-state index in [0.29, 0.717) is 12.2 Å². The molecule has 0 aliphatic carbocycles. The second-order valence-electron chi connectivity index (χ2n) is 3.82. The van der Waals surface area contributed by atoms with Gasteiger partial charge in [-0.15, -0.1) is 0 Å². The van der Waals surface area contributed by atoms with Crippen LogP contribution in [0.2, 0.25) is 0 Å². The van der Waals surface area contributed by atoms with E-state index >= 15 is 0 Å². The fourth-order valence-electron chi connectivity index (χ4n) is 1.39. The number of anilines is 1. The van der Waals surface area contributed by atoms with Gasteiger partial charge in [0.15, 0.2) is 0 Å². The molecule has 0 saturated heterocycles. The zero-order valence-electron chi connectivity index (χ0n) is 9.83. The summed E-state index contributed by atoms with van der Waals surface area (Å²) in [7, 11) is 0. The molecule has 2 amide bonds. The van der Waals surface area contributed by atoms with Crippen LogP contribution in [0.5, 0.6) is 0 Å². The van der Waals surface area contributed by atoms with Crippen LogP contribution < -0.4 is 10.2 Å². The summed E-state index contributed by atoms with van der Waals surface area (Å²) in [6, 6.07) is 5.81. The SMILES string of the molecule is CCN(C(=O)NC(C)C)c1ccc(F)cc1. The lowest BCUT2D eigenvalue weighted by Gasteiger charge is -2.22. The summed E-state index contributed by atoms with van der Waals surface area (Å²) >= 11 is 0. The molecule has 4 heteroatoms. The highest BCUT2D eigenvalue weighted by atomic mass is 19.1. The number of nitrogens with one attached hydrogen (secondary N) is 1. The van der Waals surface area contributed by atoms with E-state index < -0.39 is 0 Å². The van der Waals surface area contributed by atoms with Crippen LogP contribution in [0.3, 0.4) is 0 Å². The highest BCUT2D eigenvalue weighted by Crippen LogP contribution is 2.14. The van der Waals surface area contributed by atoms with Gasteiger partial charge in [0.05, 0.1) is 0 Å². The average molecular weight is 224 g/mol. The third kappa shape index (κ3) is 3.22. The van der Waals surface area contributed by atoms with Crippen LogP contribution in [0.15, 0.2) is 24.3 Å². The number of benzene rings is 1. The van der Waals surface area contributed by atoms with Crippen molar-refractivity contribution in [3.05, 3.63) is 30.1 Å². The number of urea groups is 1. The van der Waals surface area contributed by atoms with Crippen molar-refractivity contribution in [1.29, 1.82) is 0 Å². The van der Waals surface area contributed by atoms with Gasteiger partial charge in [-0.2, -0.15) is 0 Å². The van der Waals surface area contributed by atoms with Crippen LogP contribution in [0.4, 0.5) is 14.9 Å². The molecule has 0 heterocycles. The second kappa shape index (κ2) is 5.49. The number of amides is 2. The molecule has 1 aromatic carbocycles. The van der Waals surface area contributed by atoms with Crippen molar-refractivity contribution < 1.29 is 9.18 Å². The Morgan fingerprint density at radius 2 is 1.94 bits per heavy atom. The quantitative estimate of drug-likeness (QED) is 0.841. The Balaban J connectivity index is 2.81. The second-order valence-corrected chi connectivity index (χ2v) is 3.82. The van der Waals surface area contributed by atoms with Gasteiger partial charge in [-0.3, -0.25) is 4.90 Å². The van der Waals surface area contributed by atoms with E-state index in [1.807, 2.05) is 20.8 Å². The van der Waals surface area contributed by atoms with Gasteiger partial charge in [0.2, 0.25) is 0 Å². The van der Waals surface area contributed by atoms with Crippen molar-refractivity contribution in [1.82, 2.24) is 5.32 Å². The molecule has 1 N–H and O–H groups in total. The number of carbonyl (C=O) groups excluding carboxylic acids is 1. The molecule has 0 unspecified atom stereocenters. The Hall–Kier alpha value is -1.58. The van der Waals surface area contributed by atoms with E-state index in [1.54, 1.807) is 17.0 Å².